The molecule has 1 atom stereocenters. The van der Waals surface area contributed by atoms with Crippen molar-refractivity contribution in [3.05, 3.63) is 88.5 Å². The Kier molecular flexibility index (Phi) is 9.11. The van der Waals surface area contributed by atoms with Crippen molar-refractivity contribution >= 4 is 46.6 Å². The molecule has 0 radical (unpaired) electrons. The van der Waals surface area contributed by atoms with E-state index < -0.39 is 35.0 Å². The van der Waals surface area contributed by atoms with Crippen LogP contribution >= 0.6 is 34.5 Å². The van der Waals surface area contributed by atoms with E-state index >= 15 is 0 Å². The summed E-state index contributed by atoms with van der Waals surface area (Å²) in [5, 5.41) is 9.25. The summed E-state index contributed by atoms with van der Waals surface area (Å²) in [5.41, 5.74) is -2.40. The van der Waals surface area contributed by atoms with Gasteiger partial charge < -0.3 is 14.2 Å². The summed E-state index contributed by atoms with van der Waals surface area (Å²) >= 11 is 13.1. The van der Waals surface area contributed by atoms with E-state index in [0.717, 1.165) is 4.57 Å². The molecule has 41 heavy (non-hydrogen) atoms. The molecule has 0 saturated heterocycles. The van der Waals surface area contributed by atoms with Gasteiger partial charge in [-0.3, -0.25) is 9.36 Å². The predicted molar refractivity (Wildman–Crippen MR) is 146 cm³/mol. The third-order valence-corrected chi connectivity index (χ3v) is 7.21. The van der Waals surface area contributed by atoms with Gasteiger partial charge >= 0.3 is 12.1 Å². The summed E-state index contributed by atoms with van der Waals surface area (Å²) in [6.45, 7) is 2.94. The molecule has 14 heteroatoms. The van der Waals surface area contributed by atoms with Gasteiger partial charge in [0.05, 0.1) is 34.4 Å². The fourth-order valence-corrected chi connectivity index (χ4v) is 5.53. The summed E-state index contributed by atoms with van der Waals surface area (Å²) in [5.74, 6) is -0.915. The largest absolute Gasteiger partial charge is 0.490 e. The maximum absolute atomic E-state index is 14.2. The summed E-state index contributed by atoms with van der Waals surface area (Å²) in [6, 6.07) is 9.05. The van der Waals surface area contributed by atoms with E-state index in [1.807, 2.05) is 6.07 Å². The number of benzene rings is 2. The average molecular weight is 626 g/mol. The highest BCUT2D eigenvalue weighted by Gasteiger charge is 2.45. The smallest absolute Gasteiger partial charge is 0.434 e. The second-order valence-corrected chi connectivity index (χ2v) is 10.2. The topological polar surface area (TPSA) is 103 Å². The third-order valence-electron chi connectivity index (χ3n) is 5.69. The van der Waals surface area contributed by atoms with Crippen LogP contribution in [0.4, 0.5) is 13.2 Å². The molecule has 1 aromatic heterocycles. The van der Waals surface area contributed by atoms with Crippen molar-refractivity contribution < 1.29 is 32.2 Å². The summed E-state index contributed by atoms with van der Waals surface area (Å²) < 4.78 is 59.7. The number of hydrogen-bond donors (Lipinski definition) is 0. The number of esters is 1. The predicted octanol–water partition coefficient (Wildman–Crippen LogP) is 4.95. The van der Waals surface area contributed by atoms with Crippen molar-refractivity contribution in [2.24, 2.45) is 4.99 Å². The number of halogens is 5. The number of alkyl halides is 3. The van der Waals surface area contributed by atoms with Crippen LogP contribution in [-0.2, 0) is 9.53 Å². The zero-order valence-corrected chi connectivity index (χ0v) is 23.7. The van der Waals surface area contributed by atoms with Crippen LogP contribution in [-0.4, -0.2) is 36.5 Å². The minimum Gasteiger partial charge on any atom is -0.490 e. The van der Waals surface area contributed by atoms with Gasteiger partial charge in [-0.2, -0.15) is 18.4 Å². The molecule has 4 rings (SSSR count). The van der Waals surface area contributed by atoms with E-state index in [1.54, 1.807) is 6.92 Å². The van der Waals surface area contributed by atoms with E-state index in [1.165, 1.54) is 49.4 Å². The minimum atomic E-state index is -5.03. The maximum Gasteiger partial charge on any atom is 0.434 e. The molecule has 214 valence electrons. The number of aromatic nitrogens is 1. The monoisotopic (exact) mass is 625 g/mol. The second kappa shape index (κ2) is 12.4. The number of hydrogen-bond acceptors (Lipinski definition) is 8. The van der Waals surface area contributed by atoms with E-state index in [4.69, 9.17) is 42.7 Å². The van der Waals surface area contributed by atoms with E-state index in [-0.39, 0.29) is 51.2 Å². The van der Waals surface area contributed by atoms with Gasteiger partial charge in [0, 0.05) is 5.02 Å². The van der Waals surface area contributed by atoms with Crippen LogP contribution in [0.3, 0.4) is 0 Å². The number of ether oxygens (including phenoxy) is 3. The number of thiazole rings is 1. The average Bonchev–Trinajstić information content (AvgIpc) is 3.22. The van der Waals surface area contributed by atoms with Crippen molar-refractivity contribution in [2.75, 3.05) is 19.8 Å². The van der Waals surface area contributed by atoms with Gasteiger partial charge in [0.25, 0.3) is 5.56 Å². The molecule has 0 spiro atoms. The SMILES string of the molecule is CCOC(=O)C1=C(C(F)(F)F)N=c2s/c(=C\c3cc(Cl)c(OCC#N)c(OCC)c3)c(=O)n2[C@@H]1c1ccc(Cl)cc1. The Balaban J connectivity index is 1.99. The first-order valence-corrected chi connectivity index (χ1v) is 13.6. The molecule has 0 N–H and O–H groups in total. The molecule has 0 saturated carbocycles. The van der Waals surface area contributed by atoms with Gasteiger partial charge in [-0.15, -0.1) is 0 Å². The van der Waals surface area contributed by atoms with Gasteiger partial charge in [-0.25, -0.2) is 9.79 Å². The van der Waals surface area contributed by atoms with Crippen LogP contribution in [0.2, 0.25) is 10.0 Å². The lowest BCUT2D eigenvalue weighted by atomic mass is 9.95. The lowest BCUT2D eigenvalue weighted by Gasteiger charge is -2.26. The number of nitriles is 1. The lowest BCUT2D eigenvalue weighted by Crippen LogP contribution is -2.41. The zero-order valence-electron chi connectivity index (χ0n) is 21.4. The normalized spacial score (nSPS) is 15.2. The van der Waals surface area contributed by atoms with E-state index in [0.29, 0.717) is 21.9 Å². The Labute approximate surface area is 245 Å². The minimum absolute atomic E-state index is 0.0126. The van der Waals surface area contributed by atoms with Gasteiger partial charge in [0.2, 0.25) is 0 Å². The molecule has 1 aliphatic heterocycles. The summed E-state index contributed by atoms with van der Waals surface area (Å²) in [4.78, 5) is 30.1. The fourth-order valence-electron chi connectivity index (χ4n) is 4.13. The quantitative estimate of drug-likeness (QED) is 0.328. The standard InChI is InChI=1S/C27H20Cl2F3N3O5S/c1-3-38-18-12-14(11-17(29)22(18)40-10-9-33)13-19-24(36)35-21(15-5-7-16(28)8-6-15)20(25(37)39-4-2)23(27(30,31)32)34-26(35)41-19/h5-8,11-13,21H,3-4,10H2,1-2H3/b19-13-/t21-/m1/s1. The Bertz CT molecular complexity index is 1740. The first-order valence-electron chi connectivity index (χ1n) is 12.0. The van der Waals surface area contributed by atoms with Crippen molar-refractivity contribution in [3.8, 4) is 17.6 Å². The second-order valence-electron chi connectivity index (χ2n) is 8.32. The van der Waals surface area contributed by atoms with Crippen LogP contribution in [0.1, 0.15) is 31.0 Å². The summed E-state index contributed by atoms with van der Waals surface area (Å²) in [6.07, 6.45) is -3.62. The van der Waals surface area contributed by atoms with Gasteiger partial charge in [0.1, 0.15) is 6.07 Å². The molecular formula is C27H20Cl2F3N3O5S. The van der Waals surface area contributed by atoms with Crippen LogP contribution in [0, 0.1) is 11.3 Å². The lowest BCUT2D eigenvalue weighted by molar-refractivity contribution is -0.140. The number of fused-ring (bicyclic) bond motifs is 1. The van der Waals surface area contributed by atoms with Crippen LogP contribution in [0.15, 0.2) is 57.5 Å². The molecular weight excluding hydrogens is 606 g/mol. The number of allylic oxidation sites excluding steroid dienone is 1. The highest BCUT2D eigenvalue weighted by atomic mass is 35.5. The first kappa shape index (κ1) is 30.2. The molecule has 3 aromatic rings. The molecule has 0 fully saturated rings. The van der Waals surface area contributed by atoms with E-state index in [2.05, 4.69) is 4.99 Å². The van der Waals surface area contributed by atoms with E-state index in [9.17, 15) is 22.8 Å². The highest BCUT2D eigenvalue weighted by Crippen LogP contribution is 2.39. The van der Waals surface area contributed by atoms with Crippen molar-refractivity contribution in [2.45, 2.75) is 26.1 Å². The Morgan fingerprint density at radius 1 is 1.17 bits per heavy atom. The van der Waals surface area contributed by atoms with Crippen molar-refractivity contribution in [3.63, 3.8) is 0 Å². The number of nitrogens with zero attached hydrogens (tertiary/aromatic N) is 3. The molecule has 0 bridgehead atoms. The molecule has 0 aliphatic carbocycles. The molecule has 0 unspecified atom stereocenters. The van der Waals surface area contributed by atoms with Gasteiger partial charge in [-0.05, 0) is 55.3 Å². The Morgan fingerprint density at radius 3 is 2.49 bits per heavy atom. The fraction of sp³-hybridized carbons (Fsp3) is 0.259. The van der Waals surface area contributed by atoms with Gasteiger partial charge in [0.15, 0.2) is 28.6 Å². The Morgan fingerprint density at radius 2 is 1.88 bits per heavy atom. The first-order chi connectivity index (χ1) is 19.5. The van der Waals surface area contributed by atoms with Crippen molar-refractivity contribution in [1.82, 2.24) is 4.57 Å². The molecule has 2 aromatic carbocycles. The van der Waals surface area contributed by atoms with Crippen LogP contribution < -0.4 is 24.4 Å². The zero-order chi connectivity index (χ0) is 29.9. The molecule has 2 heterocycles. The molecule has 1 aliphatic rings. The number of carbonyl (C=O) groups excluding carboxylic acids is 1. The van der Waals surface area contributed by atoms with Crippen LogP contribution in [0.5, 0.6) is 11.5 Å². The Hall–Kier alpha value is -3.79. The maximum atomic E-state index is 14.2. The third kappa shape index (κ3) is 6.27. The number of rotatable bonds is 8. The molecule has 8 nitrogen and oxygen atoms in total. The van der Waals surface area contributed by atoms with Crippen molar-refractivity contribution in [1.29, 1.82) is 5.26 Å². The summed E-state index contributed by atoms with van der Waals surface area (Å²) in [7, 11) is 0. The molecule has 0 amide bonds. The van der Waals surface area contributed by atoms with Crippen LogP contribution in [0.25, 0.3) is 6.08 Å². The highest BCUT2D eigenvalue weighted by molar-refractivity contribution is 7.07. The number of carbonyl (C=O) groups is 1. The van der Waals surface area contributed by atoms with Gasteiger partial charge in [-0.1, -0.05) is 46.7 Å².